The molecule has 216 valence electrons. The predicted octanol–water partition coefficient (Wildman–Crippen LogP) is 10.0. The van der Waals surface area contributed by atoms with Gasteiger partial charge in [0.2, 0.25) is 0 Å². The van der Waals surface area contributed by atoms with Crippen molar-refractivity contribution in [3.8, 4) is 56.4 Å². The third-order valence-electron chi connectivity index (χ3n) is 8.96. The third kappa shape index (κ3) is 4.63. The van der Waals surface area contributed by atoms with Crippen LogP contribution in [0.25, 0.3) is 78.2 Å². The number of pyridine rings is 4. The topological polar surface area (TPSA) is 51.6 Å². The van der Waals surface area contributed by atoms with Gasteiger partial charge in [-0.2, -0.15) is 0 Å². The van der Waals surface area contributed by atoms with Gasteiger partial charge >= 0.3 is 0 Å². The molecule has 8 aromatic rings. The first-order valence-electron chi connectivity index (χ1n) is 15.7. The summed E-state index contributed by atoms with van der Waals surface area (Å²) in [5.41, 5.74) is 14.3. The van der Waals surface area contributed by atoms with Gasteiger partial charge in [-0.05, 0) is 54.3 Å². The summed E-state index contributed by atoms with van der Waals surface area (Å²) in [6.45, 7) is 0. The number of aromatic nitrogens is 4. The lowest BCUT2D eigenvalue weighted by Gasteiger charge is -2.20. The first-order valence-corrected chi connectivity index (χ1v) is 15.7. The van der Waals surface area contributed by atoms with Crippen molar-refractivity contribution in [2.24, 2.45) is 0 Å². The van der Waals surface area contributed by atoms with E-state index in [-0.39, 0.29) is 0 Å². The smallest absolute Gasteiger partial charge is 0.0972 e. The molecular weight excluding hydrogens is 560 g/mol. The van der Waals surface area contributed by atoms with Crippen molar-refractivity contribution in [3.63, 3.8) is 0 Å². The van der Waals surface area contributed by atoms with Gasteiger partial charge in [0.25, 0.3) is 0 Å². The number of rotatable bonds is 4. The Morgan fingerprint density at radius 2 is 0.717 bits per heavy atom. The number of benzene rings is 4. The van der Waals surface area contributed by atoms with Crippen LogP contribution in [0.2, 0.25) is 0 Å². The Balaban J connectivity index is 1.12. The summed E-state index contributed by atoms with van der Waals surface area (Å²) in [6.07, 6.45) is 1.95. The first-order chi connectivity index (χ1) is 22.8. The van der Waals surface area contributed by atoms with E-state index in [1.165, 1.54) is 11.1 Å². The molecule has 0 amide bonds. The number of aryl methyl sites for hydroxylation is 2. The molecule has 9 rings (SSSR count). The maximum atomic E-state index is 5.23. The van der Waals surface area contributed by atoms with Crippen LogP contribution in [0.4, 0.5) is 0 Å². The van der Waals surface area contributed by atoms with Crippen molar-refractivity contribution in [1.82, 2.24) is 19.9 Å². The summed E-state index contributed by atoms with van der Waals surface area (Å²) in [5, 5.41) is 2.15. The van der Waals surface area contributed by atoms with Crippen LogP contribution in [0.3, 0.4) is 0 Å². The molecule has 1 aliphatic carbocycles. The van der Waals surface area contributed by atoms with Crippen LogP contribution < -0.4 is 0 Å². The fourth-order valence-electron chi connectivity index (χ4n) is 6.53. The Morgan fingerprint density at radius 3 is 1.24 bits per heavy atom. The summed E-state index contributed by atoms with van der Waals surface area (Å²) in [6, 6.07) is 50.6. The highest BCUT2D eigenvalue weighted by atomic mass is 14.8. The quantitative estimate of drug-likeness (QED) is 0.192. The van der Waals surface area contributed by atoms with E-state index in [1.807, 2.05) is 24.3 Å². The first kappa shape index (κ1) is 26.4. The van der Waals surface area contributed by atoms with Crippen molar-refractivity contribution in [3.05, 3.63) is 157 Å². The minimum absolute atomic E-state index is 0.905. The minimum Gasteiger partial charge on any atom is -0.246 e. The number of hydrogen-bond acceptors (Lipinski definition) is 4. The molecular formula is C42H28N4. The molecule has 0 bridgehead atoms. The average Bonchev–Trinajstić information content (AvgIpc) is 3.14. The predicted molar refractivity (Wildman–Crippen MR) is 187 cm³/mol. The summed E-state index contributed by atoms with van der Waals surface area (Å²) in [5.74, 6) is 0. The van der Waals surface area contributed by atoms with Crippen LogP contribution in [0, 0.1) is 0 Å². The Kier molecular flexibility index (Phi) is 6.24. The molecule has 0 saturated carbocycles. The lowest BCUT2D eigenvalue weighted by molar-refractivity contribution is 0.914. The lowest BCUT2D eigenvalue weighted by Crippen LogP contribution is -2.08. The second-order valence-corrected chi connectivity index (χ2v) is 11.8. The van der Waals surface area contributed by atoms with Crippen LogP contribution in [-0.4, -0.2) is 19.9 Å². The highest BCUT2D eigenvalue weighted by Crippen LogP contribution is 2.35. The molecule has 4 aromatic carbocycles. The van der Waals surface area contributed by atoms with E-state index in [0.29, 0.717) is 0 Å². The van der Waals surface area contributed by atoms with Crippen LogP contribution >= 0.6 is 0 Å². The summed E-state index contributed by atoms with van der Waals surface area (Å²) in [4.78, 5) is 20.6. The van der Waals surface area contributed by atoms with Gasteiger partial charge in [-0.3, -0.25) is 0 Å². The third-order valence-corrected chi connectivity index (χ3v) is 8.96. The van der Waals surface area contributed by atoms with Crippen molar-refractivity contribution in [2.75, 3.05) is 0 Å². The summed E-state index contributed by atoms with van der Waals surface area (Å²) in [7, 11) is 0. The molecule has 0 radical (unpaired) electrons. The van der Waals surface area contributed by atoms with Gasteiger partial charge in [-0.1, -0.05) is 115 Å². The van der Waals surface area contributed by atoms with E-state index in [1.54, 1.807) is 0 Å². The molecule has 0 aliphatic heterocycles. The molecule has 4 aromatic heterocycles. The molecule has 4 nitrogen and oxygen atoms in total. The fourth-order valence-corrected chi connectivity index (χ4v) is 6.53. The van der Waals surface area contributed by atoms with Gasteiger partial charge < -0.3 is 0 Å². The van der Waals surface area contributed by atoms with Crippen molar-refractivity contribution in [1.29, 1.82) is 0 Å². The molecule has 0 fully saturated rings. The normalized spacial score (nSPS) is 12.2. The second-order valence-electron chi connectivity index (χ2n) is 11.8. The van der Waals surface area contributed by atoms with E-state index in [0.717, 1.165) is 91.1 Å². The zero-order valence-corrected chi connectivity index (χ0v) is 25.1. The second kappa shape index (κ2) is 10.9. The van der Waals surface area contributed by atoms with E-state index in [4.69, 9.17) is 19.9 Å². The van der Waals surface area contributed by atoms with Crippen molar-refractivity contribution < 1.29 is 0 Å². The monoisotopic (exact) mass is 588 g/mol. The van der Waals surface area contributed by atoms with Gasteiger partial charge in [0.15, 0.2) is 0 Å². The maximum absolute atomic E-state index is 5.23. The molecule has 1 aliphatic rings. The lowest BCUT2D eigenvalue weighted by atomic mass is 9.91. The Bertz CT molecular complexity index is 2420. The average molecular weight is 589 g/mol. The maximum Gasteiger partial charge on any atom is 0.0972 e. The summed E-state index contributed by atoms with van der Waals surface area (Å²) >= 11 is 0. The zero-order chi connectivity index (χ0) is 30.5. The van der Waals surface area contributed by atoms with E-state index in [2.05, 4.69) is 121 Å². The van der Waals surface area contributed by atoms with Crippen molar-refractivity contribution >= 4 is 21.8 Å². The van der Waals surface area contributed by atoms with Gasteiger partial charge in [-0.15, -0.1) is 0 Å². The molecule has 0 unspecified atom stereocenters. The largest absolute Gasteiger partial charge is 0.246 e. The number of nitrogens with zero attached hydrogens (tertiary/aromatic N) is 4. The Morgan fingerprint density at radius 1 is 0.326 bits per heavy atom. The van der Waals surface area contributed by atoms with Gasteiger partial charge in [0.05, 0.1) is 45.2 Å². The number of hydrogen-bond donors (Lipinski definition) is 0. The molecule has 0 saturated heterocycles. The van der Waals surface area contributed by atoms with E-state index >= 15 is 0 Å². The Hall–Kier alpha value is -6.00. The van der Waals surface area contributed by atoms with Crippen LogP contribution in [-0.2, 0) is 12.8 Å². The van der Waals surface area contributed by atoms with Crippen molar-refractivity contribution in [2.45, 2.75) is 12.8 Å². The van der Waals surface area contributed by atoms with Crippen LogP contribution in [0.1, 0.15) is 11.1 Å². The molecule has 4 heterocycles. The SMILES string of the molecule is c1ccc(-c2ccc3c(n2)-c2nc(-c4cccc(-c5ccc6ccc7ccc(-c8ccccc8)nc7c6n5)c4)ccc2CC3)cc1. The standard InChI is InChI=1S/C42H28N4/c1-3-8-27(9-4-1)35-22-18-29-14-16-31-20-24-37(45-41(31)39(29)43-35)33-12-7-13-34(26-33)38-25-21-32-17-15-30-19-23-36(28-10-5-2-6-11-28)44-40(30)42(32)46-38/h1-14,16,18-26H,15,17H2. The van der Waals surface area contributed by atoms with Crippen LogP contribution in [0.15, 0.2) is 146 Å². The molecule has 0 N–H and O–H groups in total. The van der Waals surface area contributed by atoms with Crippen LogP contribution in [0.5, 0.6) is 0 Å². The van der Waals surface area contributed by atoms with E-state index in [9.17, 15) is 0 Å². The van der Waals surface area contributed by atoms with Gasteiger partial charge in [0.1, 0.15) is 0 Å². The minimum atomic E-state index is 0.905. The van der Waals surface area contributed by atoms with E-state index < -0.39 is 0 Å². The molecule has 46 heavy (non-hydrogen) atoms. The molecule has 0 atom stereocenters. The number of fused-ring (bicyclic) bond motifs is 6. The molecule has 0 spiro atoms. The fraction of sp³-hybridized carbons (Fsp3) is 0.0476. The summed E-state index contributed by atoms with van der Waals surface area (Å²) < 4.78 is 0. The van der Waals surface area contributed by atoms with Gasteiger partial charge in [0, 0.05) is 33.0 Å². The highest BCUT2D eigenvalue weighted by Gasteiger charge is 2.21. The molecule has 4 heteroatoms. The Labute approximate surface area is 267 Å². The highest BCUT2D eigenvalue weighted by molar-refractivity contribution is 6.04. The van der Waals surface area contributed by atoms with Gasteiger partial charge in [-0.25, -0.2) is 19.9 Å². The zero-order valence-electron chi connectivity index (χ0n) is 25.1.